The van der Waals surface area contributed by atoms with Crippen LogP contribution in [0.5, 0.6) is 57.5 Å². The number of benzene rings is 9. The summed E-state index contributed by atoms with van der Waals surface area (Å²) in [4.78, 5) is 0. The molecule has 0 aliphatic heterocycles. The third-order valence-corrected chi connectivity index (χ3v) is 11.5. The Hall–Kier alpha value is -9.85. The van der Waals surface area contributed by atoms with Crippen molar-refractivity contribution in [3.8, 4) is 68.6 Å². The average Bonchev–Trinajstić information content (AvgIpc) is 3.44. The van der Waals surface area contributed by atoms with Gasteiger partial charge in [0.15, 0.2) is 0 Å². The Labute approximate surface area is 453 Å². The summed E-state index contributed by atoms with van der Waals surface area (Å²) in [5, 5.41) is 0. The van der Waals surface area contributed by atoms with Crippen LogP contribution in [0.3, 0.4) is 0 Å². The first-order chi connectivity index (χ1) is 37.7. The molecule has 0 aromatic heterocycles. The van der Waals surface area contributed by atoms with Gasteiger partial charge in [-0.05, 0) is 206 Å². The quantitative estimate of drug-likeness (QED) is 0.0531. The van der Waals surface area contributed by atoms with Gasteiger partial charge in [0.05, 0.1) is 0 Å². The Morgan fingerprint density at radius 2 is 0.450 bits per heavy atom. The number of anilines is 6. The number of hydrogen-bond donors (Lipinski definition) is 6. The van der Waals surface area contributed by atoms with Crippen LogP contribution in [0.25, 0.3) is 11.1 Å². The van der Waals surface area contributed by atoms with Crippen molar-refractivity contribution >= 4 is 34.1 Å². The molecule has 9 aromatic rings. The molecule has 9 rings (SSSR count). The smallest absolute Gasteiger partial charge is 0.420 e. The van der Waals surface area contributed by atoms with Crippen LogP contribution >= 0.6 is 0 Å². The standard InChI is InChI=1S/C26H21F3N2O2.C20H17F3N2O2.C14H13F3N2O/c1-16-14-19(30)6-12-24(16)32-21-8-2-17(3-9-21)18-4-10-22(11-5-18)33-25-13-7-20(31)15-23(25)26(27,28)29;1-12-10-13(24)2-8-18(12)26-15-4-6-16(7-5-15)27-19-9-3-14(25)11-17(19)20(21,22)23;1-8-6-9(18)2-4-12(8)20-13-5-3-10(19)7-11(13)14(15,16)17/h2-15H,30-31H2,1H3;2-11H,24-25H2,1H3;2-7H,18-19H2,1H3. The van der Waals surface area contributed by atoms with Crippen molar-refractivity contribution in [3.63, 3.8) is 0 Å². The summed E-state index contributed by atoms with van der Waals surface area (Å²) in [6.07, 6.45) is -13.7. The molecule has 20 heteroatoms. The van der Waals surface area contributed by atoms with Crippen molar-refractivity contribution < 1.29 is 63.2 Å². The van der Waals surface area contributed by atoms with Crippen LogP contribution in [-0.2, 0) is 18.5 Å². The second-order valence-electron chi connectivity index (χ2n) is 17.9. The molecule has 0 heterocycles. The third-order valence-electron chi connectivity index (χ3n) is 11.5. The molecule has 0 saturated carbocycles. The lowest BCUT2D eigenvalue weighted by molar-refractivity contribution is -0.139. The van der Waals surface area contributed by atoms with Gasteiger partial charge >= 0.3 is 18.5 Å². The van der Waals surface area contributed by atoms with E-state index in [1.165, 1.54) is 54.6 Å². The Balaban J connectivity index is 0.000000179. The molecule has 0 unspecified atom stereocenters. The molecule has 11 nitrogen and oxygen atoms in total. The topological polar surface area (TPSA) is 202 Å². The molecule has 0 aliphatic rings. The molecule has 0 radical (unpaired) electrons. The van der Waals surface area contributed by atoms with E-state index in [0.29, 0.717) is 45.6 Å². The van der Waals surface area contributed by atoms with Crippen molar-refractivity contribution in [2.24, 2.45) is 0 Å². The van der Waals surface area contributed by atoms with Crippen LogP contribution in [0.4, 0.5) is 73.6 Å². The lowest BCUT2D eigenvalue weighted by atomic mass is 10.1. The zero-order valence-electron chi connectivity index (χ0n) is 42.7. The number of rotatable bonds is 11. The predicted octanol–water partition coefficient (Wildman–Crippen LogP) is 17.2. The zero-order valence-corrected chi connectivity index (χ0v) is 42.7. The van der Waals surface area contributed by atoms with Crippen molar-refractivity contribution in [1.82, 2.24) is 0 Å². The molecule has 0 aliphatic carbocycles. The van der Waals surface area contributed by atoms with Gasteiger partial charge in [-0.2, -0.15) is 39.5 Å². The highest BCUT2D eigenvalue weighted by molar-refractivity contribution is 5.66. The second kappa shape index (κ2) is 24.2. The number of alkyl halides is 9. The van der Waals surface area contributed by atoms with E-state index < -0.39 is 35.2 Å². The monoisotopic (exact) mass is 1110 g/mol. The summed E-state index contributed by atoms with van der Waals surface area (Å²) in [5.74, 6) is 2.48. The molecular weight excluding hydrogens is 1060 g/mol. The first-order valence-electron chi connectivity index (χ1n) is 23.9. The van der Waals surface area contributed by atoms with E-state index in [1.807, 2.05) is 50.2 Å². The van der Waals surface area contributed by atoms with Gasteiger partial charge in [0.1, 0.15) is 74.2 Å². The summed E-state index contributed by atoms with van der Waals surface area (Å²) < 4.78 is 146. The van der Waals surface area contributed by atoms with Crippen LogP contribution in [-0.4, -0.2) is 0 Å². The van der Waals surface area contributed by atoms with E-state index in [9.17, 15) is 39.5 Å². The zero-order chi connectivity index (χ0) is 58.1. The van der Waals surface area contributed by atoms with Crippen molar-refractivity contribution in [2.75, 3.05) is 34.4 Å². The van der Waals surface area contributed by atoms with Crippen molar-refractivity contribution in [2.45, 2.75) is 39.3 Å². The molecule has 9 aromatic carbocycles. The maximum absolute atomic E-state index is 13.3. The van der Waals surface area contributed by atoms with Crippen molar-refractivity contribution in [1.29, 1.82) is 0 Å². The summed E-state index contributed by atoms with van der Waals surface area (Å²) in [6.45, 7) is 5.49. The lowest BCUT2D eigenvalue weighted by Gasteiger charge is -2.15. The molecule has 0 fully saturated rings. The molecule has 0 atom stereocenters. The van der Waals surface area contributed by atoms with E-state index in [2.05, 4.69) is 0 Å². The van der Waals surface area contributed by atoms with E-state index in [0.717, 1.165) is 46.2 Å². The number of nitrogen functional groups attached to an aromatic ring is 6. The minimum atomic E-state index is -4.57. The molecule has 0 saturated heterocycles. The van der Waals surface area contributed by atoms with E-state index in [-0.39, 0.29) is 45.8 Å². The summed E-state index contributed by atoms with van der Waals surface area (Å²) in [6, 6.07) is 46.2. The van der Waals surface area contributed by atoms with Gasteiger partial charge in [-0.25, -0.2) is 0 Å². The Kier molecular flexibility index (Phi) is 17.5. The van der Waals surface area contributed by atoms with Crippen molar-refractivity contribution in [3.05, 3.63) is 215 Å². The first-order valence-corrected chi connectivity index (χ1v) is 23.9. The van der Waals surface area contributed by atoms with Crippen LogP contribution in [0.1, 0.15) is 33.4 Å². The number of ether oxygens (including phenoxy) is 5. The minimum absolute atomic E-state index is 0.0114. The molecular formula is C60H51F9N6O5. The van der Waals surface area contributed by atoms with Gasteiger partial charge in [0.2, 0.25) is 0 Å². The summed E-state index contributed by atoms with van der Waals surface area (Å²) in [5.41, 5.74) is 36.8. The summed E-state index contributed by atoms with van der Waals surface area (Å²) >= 11 is 0. The number of halogens is 9. The maximum Gasteiger partial charge on any atom is 0.420 e. The fourth-order valence-electron chi connectivity index (χ4n) is 7.57. The highest BCUT2D eigenvalue weighted by atomic mass is 19.4. The van der Waals surface area contributed by atoms with Crippen LogP contribution in [0, 0.1) is 20.8 Å². The van der Waals surface area contributed by atoms with E-state index in [1.54, 1.807) is 79.7 Å². The molecule has 0 amide bonds. The lowest BCUT2D eigenvalue weighted by Crippen LogP contribution is -2.08. The van der Waals surface area contributed by atoms with Gasteiger partial charge in [-0.1, -0.05) is 24.3 Å². The van der Waals surface area contributed by atoms with Crippen LogP contribution < -0.4 is 58.1 Å². The van der Waals surface area contributed by atoms with Crippen LogP contribution in [0.2, 0.25) is 0 Å². The highest BCUT2D eigenvalue weighted by Crippen LogP contribution is 2.43. The fourth-order valence-corrected chi connectivity index (χ4v) is 7.57. The SMILES string of the molecule is Cc1cc(N)ccc1Oc1ccc(-c2ccc(Oc3ccc(N)cc3C(F)(F)F)cc2)cc1.Cc1cc(N)ccc1Oc1ccc(N)cc1C(F)(F)F.Cc1cc(N)ccc1Oc1ccc(Oc2ccc(N)cc2C(F)(F)F)cc1. The number of aryl methyl sites for hydroxylation is 3. The fraction of sp³-hybridized carbons (Fsp3) is 0.100. The van der Waals surface area contributed by atoms with Gasteiger partial charge in [0.25, 0.3) is 0 Å². The van der Waals surface area contributed by atoms with Gasteiger partial charge in [-0.15, -0.1) is 0 Å². The molecule has 414 valence electrons. The van der Waals surface area contributed by atoms with E-state index in [4.69, 9.17) is 58.1 Å². The third kappa shape index (κ3) is 15.6. The van der Waals surface area contributed by atoms with Crippen LogP contribution in [0.15, 0.2) is 182 Å². The van der Waals surface area contributed by atoms with Gasteiger partial charge < -0.3 is 58.1 Å². The second-order valence-corrected chi connectivity index (χ2v) is 17.9. The predicted molar refractivity (Wildman–Crippen MR) is 293 cm³/mol. The number of nitrogens with two attached hydrogens (primary N) is 6. The molecule has 80 heavy (non-hydrogen) atoms. The van der Waals surface area contributed by atoms with Gasteiger partial charge in [-0.3, -0.25) is 0 Å². The maximum atomic E-state index is 13.3. The highest BCUT2D eigenvalue weighted by Gasteiger charge is 2.37. The molecule has 12 N–H and O–H groups in total. The molecule has 0 spiro atoms. The molecule has 0 bridgehead atoms. The minimum Gasteiger partial charge on any atom is -0.457 e. The van der Waals surface area contributed by atoms with Gasteiger partial charge in [0, 0.05) is 34.1 Å². The summed E-state index contributed by atoms with van der Waals surface area (Å²) in [7, 11) is 0. The average molecular weight is 1110 g/mol. The largest absolute Gasteiger partial charge is 0.457 e. The number of hydrogen-bond acceptors (Lipinski definition) is 11. The Morgan fingerprint density at radius 3 is 0.700 bits per heavy atom. The Bertz CT molecular complexity index is 3590. The Morgan fingerprint density at radius 1 is 0.250 bits per heavy atom. The normalized spacial score (nSPS) is 11.3. The van der Waals surface area contributed by atoms with E-state index >= 15 is 0 Å². The first kappa shape index (κ1) is 57.8.